The van der Waals surface area contributed by atoms with E-state index >= 15 is 0 Å². The van der Waals surface area contributed by atoms with Gasteiger partial charge in [0, 0.05) is 11.1 Å². The molecule has 0 radical (unpaired) electrons. The molecule has 0 rings (SSSR count). The summed E-state index contributed by atoms with van der Waals surface area (Å²) in [5.41, 5.74) is 5.53. The number of hydrogen-bond donors (Lipinski definition) is 1. The molecule has 2 N–H and O–H groups in total. The van der Waals surface area contributed by atoms with E-state index in [1.165, 1.54) is 7.11 Å². The van der Waals surface area contributed by atoms with Crippen molar-refractivity contribution < 1.29 is 14.3 Å². The van der Waals surface area contributed by atoms with Gasteiger partial charge < -0.3 is 10.5 Å². The normalized spacial score (nSPS) is 7.62. The molecule has 0 bridgehead atoms. The lowest BCUT2D eigenvalue weighted by Crippen LogP contribution is -2.10. The van der Waals surface area contributed by atoms with Crippen molar-refractivity contribution in [1.82, 2.24) is 0 Å². The zero-order valence-electron chi connectivity index (χ0n) is 8.22. The molecule has 13 heavy (non-hydrogen) atoms. The van der Waals surface area contributed by atoms with Crippen molar-refractivity contribution in [3.8, 4) is 0 Å². The Balaban J connectivity index is 0. The number of nitrogens with two attached hydrogens (primary N) is 1. The quantitative estimate of drug-likeness (QED) is 0.510. The van der Waals surface area contributed by atoms with Crippen LogP contribution in [0.1, 0.15) is 13.8 Å². The number of rotatable bonds is 2. The first-order chi connectivity index (χ1) is 5.82. The molecule has 74 valence electrons. The Kier molecular flexibility index (Phi) is 7.62. The average molecular weight is 185 g/mol. The van der Waals surface area contributed by atoms with Gasteiger partial charge in [-0.1, -0.05) is 13.2 Å². The average Bonchev–Trinajstić information content (AvgIpc) is 2.03. The number of esters is 1. The Hall–Kier alpha value is -1.58. The van der Waals surface area contributed by atoms with E-state index in [0.717, 1.165) is 0 Å². The van der Waals surface area contributed by atoms with Crippen LogP contribution in [-0.4, -0.2) is 19.0 Å². The molecular weight excluding hydrogens is 170 g/mol. The molecule has 0 atom stereocenters. The molecule has 0 aromatic carbocycles. The summed E-state index contributed by atoms with van der Waals surface area (Å²) in [5, 5.41) is 0. The smallest absolute Gasteiger partial charge is 0.332 e. The molecule has 0 unspecified atom stereocenters. The highest BCUT2D eigenvalue weighted by molar-refractivity contribution is 5.90. The lowest BCUT2D eigenvalue weighted by Gasteiger charge is -1.91. The van der Waals surface area contributed by atoms with Crippen molar-refractivity contribution >= 4 is 11.9 Å². The van der Waals surface area contributed by atoms with E-state index in [9.17, 15) is 9.59 Å². The predicted molar refractivity (Wildman–Crippen MR) is 50.8 cm³/mol. The summed E-state index contributed by atoms with van der Waals surface area (Å²) in [7, 11) is 1.33. The molecule has 4 heteroatoms. The number of amides is 1. The van der Waals surface area contributed by atoms with Gasteiger partial charge in [0.2, 0.25) is 5.91 Å². The minimum absolute atomic E-state index is 0.347. The third-order valence-electron chi connectivity index (χ3n) is 0.954. The molecular formula is C9H15NO3. The summed E-state index contributed by atoms with van der Waals surface area (Å²) in [5.74, 6) is -0.782. The molecule has 0 saturated carbocycles. The highest BCUT2D eigenvalue weighted by Crippen LogP contribution is 1.87. The van der Waals surface area contributed by atoms with Crippen LogP contribution in [-0.2, 0) is 14.3 Å². The fourth-order valence-corrected chi connectivity index (χ4v) is 0.174. The standard InChI is InChI=1S/C5H8O2.C4H7NO/c1-4(2)5(6)7-3;1-3(2)4(5)6/h1H2,2-3H3;1H2,2H3,(H2,5,6). The van der Waals surface area contributed by atoms with Gasteiger partial charge in [-0.15, -0.1) is 0 Å². The fourth-order valence-electron chi connectivity index (χ4n) is 0.174. The van der Waals surface area contributed by atoms with E-state index < -0.39 is 5.91 Å². The molecule has 0 saturated heterocycles. The molecule has 0 aliphatic carbocycles. The zero-order chi connectivity index (χ0) is 11.0. The van der Waals surface area contributed by atoms with Gasteiger partial charge in [0.25, 0.3) is 0 Å². The highest BCUT2D eigenvalue weighted by atomic mass is 16.5. The molecule has 0 fully saturated rings. The number of hydrogen-bond acceptors (Lipinski definition) is 3. The van der Waals surface area contributed by atoms with Crippen LogP contribution in [0.3, 0.4) is 0 Å². The number of carbonyl (C=O) groups is 2. The van der Waals surface area contributed by atoms with Crippen LogP contribution in [0.5, 0.6) is 0 Å². The molecule has 0 aliphatic rings. The molecule has 0 aromatic rings. The van der Waals surface area contributed by atoms with E-state index in [1.54, 1.807) is 13.8 Å². The van der Waals surface area contributed by atoms with E-state index in [1.807, 2.05) is 0 Å². The molecule has 0 heterocycles. The first kappa shape index (κ1) is 14.0. The molecule has 0 spiro atoms. The predicted octanol–water partition coefficient (Wildman–Crippen LogP) is 0.783. The van der Waals surface area contributed by atoms with Gasteiger partial charge in [-0.2, -0.15) is 0 Å². The maximum atomic E-state index is 10.2. The van der Waals surface area contributed by atoms with Gasteiger partial charge in [-0.25, -0.2) is 4.79 Å². The Labute approximate surface area is 78.1 Å². The maximum absolute atomic E-state index is 10.2. The third-order valence-corrected chi connectivity index (χ3v) is 0.954. The van der Waals surface area contributed by atoms with E-state index in [4.69, 9.17) is 5.73 Å². The van der Waals surface area contributed by atoms with Gasteiger partial charge in [-0.3, -0.25) is 4.79 Å². The highest BCUT2D eigenvalue weighted by Gasteiger charge is 1.95. The Morgan fingerprint density at radius 1 is 1.15 bits per heavy atom. The molecule has 1 amide bonds. The second-order valence-corrected chi connectivity index (χ2v) is 2.42. The van der Waals surface area contributed by atoms with Crippen LogP contribution in [0.15, 0.2) is 24.3 Å². The summed E-state index contributed by atoms with van der Waals surface area (Å²) in [6.07, 6.45) is 0. The lowest BCUT2D eigenvalue weighted by molar-refractivity contribution is -0.136. The van der Waals surface area contributed by atoms with Crippen molar-refractivity contribution in [2.75, 3.05) is 7.11 Å². The maximum Gasteiger partial charge on any atom is 0.332 e. The van der Waals surface area contributed by atoms with Crippen molar-refractivity contribution in [2.45, 2.75) is 13.8 Å². The number of ether oxygens (including phenoxy) is 1. The van der Waals surface area contributed by atoms with Crippen LogP contribution >= 0.6 is 0 Å². The topological polar surface area (TPSA) is 69.4 Å². The largest absolute Gasteiger partial charge is 0.466 e. The van der Waals surface area contributed by atoms with Crippen molar-refractivity contribution in [1.29, 1.82) is 0 Å². The van der Waals surface area contributed by atoms with E-state index in [-0.39, 0.29) is 5.97 Å². The van der Waals surface area contributed by atoms with Gasteiger partial charge in [0.05, 0.1) is 7.11 Å². The Morgan fingerprint density at radius 2 is 1.46 bits per heavy atom. The zero-order valence-corrected chi connectivity index (χ0v) is 8.22. The summed E-state index contributed by atoms with van der Waals surface area (Å²) >= 11 is 0. The number of methoxy groups -OCH3 is 1. The van der Waals surface area contributed by atoms with Crippen LogP contribution in [0.4, 0.5) is 0 Å². The van der Waals surface area contributed by atoms with Crippen LogP contribution in [0.2, 0.25) is 0 Å². The summed E-state index contributed by atoms with van der Waals surface area (Å²) in [6.45, 7) is 9.81. The van der Waals surface area contributed by atoms with Gasteiger partial charge in [0.15, 0.2) is 0 Å². The fraction of sp³-hybridized carbons (Fsp3) is 0.333. The summed E-state index contributed by atoms with van der Waals surface area (Å²) in [6, 6.07) is 0. The van der Waals surface area contributed by atoms with Gasteiger partial charge in [-0.05, 0) is 13.8 Å². The Morgan fingerprint density at radius 3 is 1.46 bits per heavy atom. The third kappa shape index (κ3) is 10.4. The number of carbonyl (C=O) groups excluding carboxylic acids is 2. The SMILES string of the molecule is C=C(C)C(=O)OC.C=C(C)C(N)=O. The molecule has 0 aliphatic heterocycles. The van der Waals surface area contributed by atoms with Gasteiger partial charge >= 0.3 is 5.97 Å². The van der Waals surface area contributed by atoms with E-state index in [2.05, 4.69) is 17.9 Å². The van der Waals surface area contributed by atoms with Crippen LogP contribution in [0, 0.1) is 0 Å². The van der Waals surface area contributed by atoms with Crippen molar-refractivity contribution in [3.05, 3.63) is 24.3 Å². The second-order valence-electron chi connectivity index (χ2n) is 2.42. The summed E-state index contributed by atoms with van der Waals surface area (Å²) in [4.78, 5) is 20.0. The Bertz CT molecular complexity index is 219. The van der Waals surface area contributed by atoms with E-state index in [0.29, 0.717) is 11.1 Å². The monoisotopic (exact) mass is 185 g/mol. The van der Waals surface area contributed by atoms with Crippen LogP contribution < -0.4 is 5.73 Å². The lowest BCUT2D eigenvalue weighted by atomic mass is 10.3. The molecule has 0 aromatic heterocycles. The van der Waals surface area contributed by atoms with Crippen molar-refractivity contribution in [3.63, 3.8) is 0 Å². The number of primary amides is 1. The van der Waals surface area contributed by atoms with Gasteiger partial charge in [0.1, 0.15) is 0 Å². The minimum atomic E-state index is -0.435. The first-order valence-corrected chi connectivity index (χ1v) is 3.52. The summed E-state index contributed by atoms with van der Waals surface area (Å²) < 4.78 is 4.27. The minimum Gasteiger partial charge on any atom is -0.466 e. The van der Waals surface area contributed by atoms with Crippen LogP contribution in [0.25, 0.3) is 0 Å². The van der Waals surface area contributed by atoms with Crippen molar-refractivity contribution in [2.24, 2.45) is 5.73 Å². The second kappa shape index (κ2) is 7.09. The molecule has 4 nitrogen and oxygen atoms in total. The first-order valence-electron chi connectivity index (χ1n) is 3.52.